The highest BCUT2D eigenvalue weighted by molar-refractivity contribution is 5.75. The molecule has 0 aliphatic heterocycles. The molecule has 32 heavy (non-hydrogen) atoms. The largest absolute Gasteiger partial charge is 0.493 e. The number of rotatable bonds is 11. The quantitative estimate of drug-likeness (QED) is 0.392. The maximum Gasteiger partial charge on any atom is 0.315 e. The van der Waals surface area contributed by atoms with Gasteiger partial charge < -0.3 is 40.2 Å². The average Bonchev–Trinajstić information content (AvgIpc) is 2.83. The topological polar surface area (TPSA) is 119 Å². The van der Waals surface area contributed by atoms with E-state index in [-0.39, 0.29) is 25.2 Å². The van der Waals surface area contributed by atoms with Crippen molar-refractivity contribution < 1.29 is 28.5 Å². The van der Waals surface area contributed by atoms with Crippen molar-refractivity contribution in [3.63, 3.8) is 0 Å². The van der Waals surface area contributed by atoms with Crippen LogP contribution in [0.25, 0.3) is 0 Å². The third-order valence-corrected chi connectivity index (χ3v) is 4.50. The van der Waals surface area contributed by atoms with Gasteiger partial charge in [0.05, 0.1) is 28.4 Å². The third kappa shape index (κ3) is 7.46. The first-order valence-electron chi connectivity index (χ1n) is 9.96. The summed E-state index contributed by atoms with van der Waals surface area (Å²) in [6, 6.07) is 10.1. The van der Waals surface area contributed by atoms with Crippen LogP contribution in [0, 0.1) is 0 Å². The molecule has 0 spiro atoms. The third-order valence-electron chi connectivity index (χ3n) is 4.50. The molecule has 174 valence electrons. The molecular formula is C22H30N4O6. The van der Waals surface area contributed by atoms with Gasteiger partial charge in [-0.05, 0) is 35.4 Å². The van der Waals surface area contributed by atoms with Crippen LogP contribution in [-0.2, 0) is 13.1 Å². The summed E-state index contributed by atoms with van der Waals surface area (Å²) in [6.45, 7) is 1.21. The Labute approximate surface area is 187 Å². The molecule has 4 amide bonds. The number of methoxy groups -OCH3 is 4. The van der Waals surface area contributed by atoms with Gasteiger partial charge in [-0.1, -0.05) is 12.1 Å². The van der Waals surface area contributed by atoms with Crippen molar-refractivity contribution in [2.45, 2.75) is 13.1 Å². The monoisotopic (exact) mass is 446 g/mol. The molecule has 0 bridgehead atoms. The summed E-state index contributed by atoms with van der Waals surface area (Å²) in [5.41, 5.74) is 1.73. The van der Waals surface area contributed by atoms with E-state index in [4.69, 9.17) is 18.9 Å². The van der Waals surface area contributed by atoms with E-state index in [0.717, 1.165) is 11.1 Å². The highest BCUT2D eigenvalue weighted by Crippen LogP contribution is 2.28. The second-order valence-corrected chi connectivity index (χ2v) is 6.60. The SMILES string of the molecule is COc1ccc(CNC(=O)NCCNC(=O)NCc2ccc(OC)c(OC)c2)cc1OC. The maximum atomic E-state index is 11.9. The summed E-state index contributed by atoms with van der Waals surface area (Å²) in [7, 11) is 6.24. The van der Waals surface area contributed by atoms with Gasteiger partial charge >= 0.3 is 12.1 Å². The van der Waals surface area contributed by atoms with Gasteiger partial charge in [-0.3, -0.25) is 0 Å². The van der Waals surface area contributed by atoms with Crippen LogP contribution < -0.4 is 40.2 Å². The summed E-state index contributed by atoms with van der Waals surface area (Å²) in [4.78, 5) is 23.9. The smallest absolute Gasteiger partial charge is 0.315 e. The Morgan fingerprint density at radius 1 is 0.594 bits per heavy atom. The number of ether oxygens (including phenoxy) is 4. The molecular weight excluding hydrogens is 416 g/mol. The normalized spacial score (nSPS) is 10.0. The lowest BCUT2D eigenvalue weighted by molar-refractivity contribution is 0.236. The Hall–Kier alpha value is -3.82. The Morgan fingerprint density at radius 2 is 0.969 bits per heavy atom. The van der Waals surface area contributed by atoms with E-state index < -0.39 is 0 Å². The molecule has 2 aromatic rings. The van der Waals surface area contributed by atoms with E-state index in [1.54, 1.807) is 52.7 Å². The molecule has 2 rings (SSSR count). The van der Waals surface area contributed by atoms with Gasteiger partial charge in [-0.15, -0.1) is 0 Å². The lowest BCUT2D eigenvalue weighted by Crippen LogP contribution is -2.42. The predicted molar refractivity (Wildman–Crippen MR) is 120 cm³/mol. The lowest BCUT2D eigenvalue weighted by atomic mass is 10.2. The Morgan fingerprint density at radius 3 is 1.31 bits per heavy atom. The number of carbonyl (C=O) groups is 2. The molecule has 0 aliphatic rings. The van der Waals surface area contributed by atoms with Gasteiger partial charge in [0.15, 0.2) is 23.0 Å². The minimum Gasteiger partial charge on any atom is -0.493 e. The highest BCUT2D eigenvalue weighted by Gasteiger charge is 2.07. The highest BCUT2D eigenvalue weighted by atomic mass is 16.5. The molecule has 0 aliphatic carbocycles. The average molecular weight is 447 g/mol. The van der Waals surface area contributed by atoms with Crippen LogP contribution in [-0.4, -0.2) is 53.6 Å². The van der Waals surface area contributed by atoms with Crippen LogP contribution in [0.15, 0.2) is 36.4 Å². The van der Waals surface area contributed by atoms with Crippen molar-refractivity contribution in [3.05, 3.63) is 47.5 Å². The van der Waals surface area contributed by atoms with Gasteiger partial charge in [0.2, 0.25) is 0 Å². The van der Waals surface area contributed by atoms with E-state index in [9.17, 15) is 9.59 Å². The Kier molecular flexibility index (Phi) is 9.76. The molecule has 4 N–H and O–H groups in total. The first-order valence-corrected chi connectivity index (χ1v) is 9.96. The fourth-order valence-corrected chi connectivity index (χ4v) is 2.82. The summed E-state index contributed by atoms with van der Waals surface area (Å²) < 4.78 is 20.9. The van der Waals surface area contributed by atoms with Gasteiger partial charge in [-0.25, -0.2) is 9.59 Å². The summed E-state index contributed by atoms with van der Waals surface area (Å²) in [6.07, 6.45) is 0. The molecule has 0 unspecified atom stereocenters. The molecule has 0 radical (unpaired) electrons. The fourth-order valence-electron chi connectivity index (χ4n) is 2.82. The molecule has 10 heteroatoms. The van der Waals surface area contributed by atoms with Crippen molar-refractivity contribution in [2.75, 3.05) is 41.5 Å². The van der Waals surface area contributed by atoms with Crippen LogP contribution in [0.3, 0.4) is 0 Å². The molecule has 10 nitrogen and oxygen atoms in total. The summed E-state index contributed by atoms with van der Waals surface area (Å²) in [5, 5.41) is 10.9. The molecule has 0 atom stereocenters. The zero-order valence-corrected chi connectivity index (χ0v) is 18.7. The zero-order valence-electron chi connectivity index (χ0n) is 18.7. The van der Waals surface area contributed by atoms with Crippen LogP contribution >= 0.6 is 0 Å². The van der Waals surface area contributed by atoms with Crippen LogP contribution in [0.5, 0.6) is 23.0 Å². The van der Waals surface area contributed by atoms with E-state index in [2.05, 4.69) is 21.3 Å². The minimum atomic E-state index is -0.340. The molecule has 0 fully saturated rings. The second kappa shape index (κ2) is 12.8. The molecule has 0 saturated carbocycles. The first kappa shape index (κ1) is 24.4. The zero-order chi connectivity index (χ0) is 23.3. The van der Waals surface area contributed by atoms with Crippen LogP contribution in [0.1, 0.15) is 11.1 Å². The second-order valence-electron chi connectivity index (χ2n) is 6.60. The minimum absolute atomic E-state index is 0.279. The van der Waals surface area contributed by atoms with Gasteiger partial charge in [-0.2, -0.15) is 0 Å². The molecule has 0 heterocycles. The molecule has 0 saturated heterocycles. The Balaban J connectivity index is 1.64. The van der Waals surface area contributed by atoms with E-state index >= 15 is 0 Å². The van der Waals surface area contributed by atoms with Gasteiger partial charge in [0.1, 0.15) is 0 Å². The van der Waals surface area contributed by atoms with Gasteiger partial charge in [0, 0.05) is 26.2 Å². The summed E-state index contributed by atoms with van der Waals surface area (Å²) >= 11 is 0. The van der Waals surface area contributed by atoms with E-state index in [1.165, 1.54) is 0 Å². The van der Waals surface area contributed by atoms with Gasteiger partial charge in [0.25, 0.3) is 0 Å². The number of urea groups is 2. The van der Waals surface area contributed by atoms with Crippen LogP contribution in [0.4, 0.5) is 9.59 Å². The molecule has 0 aromatic heterocycles. The number of hydrogen-bond acceptors (Lipinski definition) is 6. The number of benzene rings is 2. The number of nitrogens with one attached hydrogen (secondary N) is 4. The Bertz CT molecular complexity index is 832. The number of amides is 4. The van der Waals surface area contributed by atoms with Crippen molar-refractivity contribution in [2.24, 2.45) is 0 Å². The maximum absolute atomic E-state index is 11.9. The first-order chi connectivity index (χ1) is 15.5. The number of hydrogen-bond donors (Lipinski definition) is 4. The molecule has 2 aromatic carbocycles. The van der Waals surface area contributed by atoms with Crippen molar-refractivity contribution in [1.29, 1.82) is 0 Å². The summed E-state index contributed by atoms with van der Waals surface area (Å²) in [5.74, 6) is 2.43. The predicted octanol–water partition coefficient (Wildman–Crippen LogP) is 2.02. The lowest BCUT2D eigenvalue weighted by Gasteiger charge is -2.12. The van der Waals surface area contributed by atoms with Crippen molar-refractivity contribution in [3.8, 4) is 23.0 Å². The fraction of sp³-hybridized carbons (Fsp3) is 0.364. The number of carbonyl (C=O) groups excluding carboxylic acids is 2. The standard InChI is InChI=1S/C22H30N4O6/c1-29-17-7-5-15(11-19(17)31-3)13-25-21(27)23-9-10-24-22(28)26-14-16-6-8-18(30-2)20(12-16)32-4/h5-8,11-12H,9-10,13-14H2,1-4H3,(H2,23,25,27)(H2,24,26,28). The van der Waals surface area contributed by atoms with Crippen molar-refractivity contribution >= 4 is 12.1 Å². The van der Waals surface area contributed by atoms with Crippen molar-refractivity contribution in [1.82, 2.24) is 21.3 Å². The van der Waals surface area contributed by atoms with E-state index in [0.29, 0.717) is 36.1 Å². The van der Waals surface area contributed by atoms with E-state index in [1.807, 2.05) is 12.1 Å². The van der Waals surface area contributed by atoms with Crippen LogP contribution in [0.2, 0.25) is 0 Å².